The largest absolute Gasteiger partial charge is 0.325 e. The summed E-state index contributed by atoms with van der Waals surface area (Å²) in [5, 5.41) is 6.40. The number of carbonyl (C=O) groups is 1. The summed E-state index contributed by atoms with van der Waals surface area (Å²) in [5.41, 5.74) is 1.35. The van der Waals surface area contributed by atoms with Crippen LogP contribution >= 0.6 is 11.6 Å². The van der Waals surface area contributed by atoms with Crippen molar-refractivity contribution in [3.8, 4) is 0 Å². The maximum absolute atomic E-state index is 12.0. The van der Waals surface area contributed by atoms with Crippen molar-refractivity contribution in [2.75, 3.05) is 18.1 Å². The molecule has 0 saturated heterocycles. The molecule has 2 rings (SSSR count). The SMILES string of the molecule is C[C@@H](NCC(=O)Nc1cccc(S(C)(=O)=O)c1)c1ccccc1Cl. The van der Waals surface area contributed by atoms with E-state index in [1.54, 1.807) is 18.2 Å². The summed E-state index contributed by atoms with van der Waals surface area (Å²) < 4.78 is 23.1. The average Bonchev–Trinajstić information content (AvgIpc) is 2.52. The molecule has 1 amide bonds. The van der Waals surface area contributed by atoms with E-state index in [2.05, 4.69) is 10.6 Å². The monoisotopic (exact) mass is 366 g/mol. The number of hydrogen-bond donors (Lipinski definition) is 2. The van der Waals surface area contributed by atoms with Gasteiger partial charge >= 0.3 is 0 Å². The highest BCUT2D eigenvalue weighted by molar-refractivity contribution is 7.90. The van der Waals surface area contributed by atoms with Crippen LogP contribution < -0.4 is 10.6 Å². The van der Waals surface area contributed by atoms with Gasteiger partial charge in [-0.15, -0.1) is 0 Å². The quantitative estimate of drug-likeness (QED) is 0.824. The summed E-state index contributed by atoms with van der Waals surface area (Å²) in [6, 6.07) is 13.5. The zero-order chi connectivity index (χ0) is 17.7. The fourth-order valence-corrected chi connectivity index (χ4v) is 3.16. The number of carbonyl (C=O) groups excluding carboxylic acids is 1. The fraction of sp³-hybridized carbons (Fsp3) is 0.235. The molecule has 0 aliphatic heterocycles. The van der Waals surface area contributed by atoms with Crippen LogP contribution in [0, 0.1) is 0 Å². The van der Waals surface area contributed by atoms with Gasteiger partial charge in [0.2, 0.25) is 5.91 Å². The summed E-state index contributed by atoms with van der Waals surface area (Å²) in [5.74, 6) is -0.264. The number of benzene rings is 2. The van der Waals surface area contributed by atoms with E-state index < -0.39 is 9.84 Å². The highest BCUT2D eigenvalue weighted by atomic mass is 35.5. The Kier molecular flexibility index (Phi) is 5.99. The van der Waals surface area contributed by atoms with E-state index >= 15 is 0 Å². The van der Waals surface area contributed by atoms with Gasteiger partial charge in [0.15, 0.2) is 9.84 Å². The second-order valence-electron chi connectivity index (χ2n) is 5.47. The maximum atomic E-state index is 12.0. The molecule has 0 unspecified atom stereocenters. The van der Waals surface area contributed by atoms with E-state index in [1.807, 2.05) is 25.1 Å². The Morgan fingerprint density at radius 2 is 1.88 bits per heavy atom. The molecule has 0 spiro atoms. The van der Waals surface area contributed by atoms with Crippen LogP contribution in [-0.2, 0) is 14.6 Å². The summed E-state index contributed by atoms with van der Waals surface area (Å²) >= 11 is 6.13. The zero-order valence-corrected chi connectivity index (χ0v) is 15.0. The lowest BCUT2D eigenvalue weighted by Crippen LogP contribution is -2.30. The van der Waals surface area contributed by atoms with Gasteiger partial charge in [0.05, 0.1) is 11.4 Å². The lowest BCUT2D eigenvalue weighted by molar-refractivity contribution is -0.115. The first-order chi connectivity index (χ1) is 11.3. The van der Waals surface area contributed by atoms with Crippen molar-refractivity contribution >= 4 is 33.0 Å². The molecule has 1 atom stereocenters. The van der Waals surface area contributed by atoms with Crippen LogP contribution in [0.2, 0.25) is 5.02 Å². The molecule has 0 bridgehead atoms. The van der Waals surface area contributed by atoms with Gasteiger partial charge < -0.3 is 10.6 Å². The third-order valence-corrected chi connectivity index (χ3v) is 4.94. The van der Waals surface area contributed by atoms with Gasteiger partial charge in [-0.2, -0.15) is 0 Å². The minimum absolute atomic E-state index is 0.0789. The highest BCUT2D eigenvalue weighted by Gasteiger charge is 2.12. The molecule has 0 saturated carbocycles. The molecule has 128 valence electrons. The molecular weight excluding hydrogens is 348 g/mol. The first-order valence-electron chi connectivity index (χ1n) is 7.35. The van der Waals surface area contributed by atoms with Crippen LogP contribution in [0.1, 0.15) is 18.5 Å². The number of halogens is 1. The second-order valence-corrected chi connectivity index (χ2v) is 7.90. The highest BCUT2D eigenvalue weighted by Crippen LogP contribution is 2.22. The number of anilines is 1. The minimum Gasteiger partial charge on any atom is -0.325 e. The lowest BCUT2D eigenvalue weighted by Gasteiger charge is -2.15. The predicted molar refractivity (Wildman–Crippen MR) is 96.1 cm³/mol. The van der Waals surface area contributed by atoms with Crippen LogP contribution in [0.3, 0.4) is 0 Å². The molecule has 0 fully saturated rings. The van der Waals surface area contributed by atoms with Crippen molar-refractivity contribution in [2.45, 2.75) is 17.9 Å². The predicted octanol–water partition coefficient (Wildman–Crippen LogP) is 3.03. The van der Waals surface area contributed by atoms with E-state index in [9.17, 15) is 13.2 Å². The van der Waals surface area contributed by atoms with Crippen molar-refractivity contribution in [2.24, 2.45) is 0 Å². The topological polar surface area (TPSA) is 75.3 Å². The standard InChI is InChI=1S/C17H19ClN2O3S/c1-12(15-8-3-4-9-16(15)18)19-11-17(21)20-13-6-5-7-14(10-13)24(2,22)23/h3-10,12,19H,11H2,1-2H3,(H,20,21)/t12-/m1/s1. The van der Waals surface area contributed by atoms with Crippen LogP contribution in [0.25, 0.3) is 0 Å². The van der Waals surface area contributed by atoms with Crippen LogP contribution in [0.5, 0.6) is 0 Å². The molecule has 0 heterocycles. The van der Waals surface area contributed by atoms with Crippen LogP contribution in [0.15, 0.2) is 53.4 Å². The van der Waals surface area contributed by atoms with Gasteiger partial charge in [-0.25, -0.2) is 8.42 Å². The molecule has 2 aromatic rings. The Morgan fingerprint density at radius 1 is 1.17 bits per heavy atom. The minimum atomic E-state index is -3.31. The molecule has 0 radical (unpaired) electrons. The third kappa shape index (κ3) is 5.06. The summed E-state index contributed by atoms with van der Waals surface area (Å²) in [6.45, 7) is 1.99. The van der Waals surface area contributed by atoms with Gasteiger partial charge in [-0.3, -0.25) is 4.79 Å². The Labute approximate surface area is 147 Å². The van der Waals surface area contributed by atoms with Crippen LogP contribution in [0.4, 0.5) is 5.69 Å². The summed E-state index contributed by atoms with van der Waals surface area (Å²) in [7, 11) is -3.31. The van der Waals surface area contributed by atoms with Gasteiger partial charge in [0.25, 0.3) is 0 Å². The van der Waals surface area contributed by atoms with Crippen molar-refractivity contribution in [1.29, 1.82) is 0 Å². The maximum Gasteiger partial charge on any atom is 0.238 e. The molecule has 0 aromatic heterocycles. The van der Waals surface area contributed by atoms with Crippen molar-refractivity contribution < 1.29 is 13.2 Å². The Morgan fingerprint density at radius 3 is 2.54 bits per heavy atom. The fourth-order valence-electron chi connectivity index (χ4n) is 2.19. The molecule has 2 aromatic carbocycles. The van der Waals surface area contributed by atoms with E-state index in [1.165, 1.54) is 12.1 Å². The van der Waals surface area contributed by atoms with Crippen molar-refractivity contribution in [3.05, 3.63) is 59.1 Å². The van der Waals surface area contributed by atoms with E-state index in [-0.39, 0.29) is 23.4 Å². The molecular formula is C17H19ClN2O3S. The average molecular weight is 367 g/mol. The number of hydrogen-bond acceptors (Lipinski definition) is 4. The van der Waals surface area contributed by atoms with E-state index in [0.29, 0.717) is 10.7 Å². The van der Waals surface area contributed by atoms with Gasteiger partial charge in [-0.1, -0.05) is 35.9 Å². The summed E-state index contributed by atoms with van der Waals surface area (Å²) in [6.07, 6.45) is 1.13. The molecule has 7 heteroatoms. The molecule has 2 N–H and O–H groups in total. The van der Waals surface area contributed by atoms with E-state index in [0.717, 1.165) is 11.8 Å². The van der Waals surface area contributed by atoms with E-state index in [4.69, 9.17) is 11.6 Å². The Bertz CT molecular complexity index is 837. The number of sulfone groups is 1. The zero-order valence-electron chi connectivity index (χ0n) is 13.4. The normalized spacial score (nSPS) is 12.6. The van der Waals surface area contributed by atoms with Crippen molar-refractivity contribution in [1.82, 2.24) is 5.32 Å². The van der Waals surface area contributed by atoms with Gasteiger partial charge in [-0.05, 0) is 36.8 Å². The number of nitrogens with one attached hydrogen (secondary N) is 2. The molecule has 24 heavy (non-hydrogen) atoms. The van der Waals surface area contributed by atoms with Gasteiger partial charge in [0.1, 0.15) is 0 Å². The van der Waals surface area contributed by atoms with Crippen molar-refractivity contribution in [3.63, 3.8) is 0 Å². The van der Waals surface area contributed by atoms with Crippen LogP contribution in [-0.4, -0.2) is 27.1 Å². The van der Waals surface area contributed by atoms with Gasteiger partial charge in [0, 0.05) is 23.0 Å². The second kappa shape index (κ2) is 7.79. The number of amides is 1. The first kappa shape index (κ1) is 18.4. The third-order valence-electron chi connectivity index (χ3n) is 3.49. The summed E-state index contributed by atoms with van der Waals surface area (Å²) in [4.78, 5) is 12.2. The molecule has 5 nitrogen and oxygen atoms in total. The smallest absolute Gasteiger partial charge is 0.238 e. The first-order valence-corrected chi connectivity index (χ1v) is 9.62. The number of rotatable bonds is 6. The Balaban J connectivity index is 1.96. The molecule has 0 aliphatic rings. The lowest BCUT2D eigenvalue weighted by atomic mass is 10.1. The Hall–Kier alpha value is -1.89. The molecule has 0 aliphatic carbocycles.